The van der Waals surface area contributed by atoms with Gasteiger partial charge in [-0.25, -0.2) is 4.79 Å². The van der Waals surface area contributed by atoms with Gasteiger partial charge in [-0.2, -0.15) is 0 Å². The predicted octanol–water partition coefficient (Wildman–Crippen LogP) is 2.60. The summed E-state index contributed by atoms with van der Waals surface area (Å²) in [6, 6.07) is 0. The fourth-order valence-corrected chi connectivity index (χ4v) is 2.46. The number of carbonyl (C=O) groups excluding carboxylic acids is 1. The van der Waals surface area contributed by atoms with Crippen molar-refractivity contribution in [3.05, 3.63) is 11.5 Å². The minimum atomic E-state index is -0.265. The number of hydrogen-bond donors (Lipinski definition) is 0. The molecule has 3 heteroatoms. The van der Waals surface area contributed by atoms with Crippen LogP contribution < -0.4 is 0 Å². The van der Waals surface area contributed by atoms with Crippen molar-refractivity contribution in [3.8, 4) is 0 Å². The highest BCUT2D eigenvalue weighted by atomic mass is 32.2. The molecule has 0 saturated heterocycles. The van der Waals surface area contributed by atoms with E-state index in [0.29, 0.717) is 0 Å². The number of carbonyl (C=O) groups is 1. The van der Waals surface area contributed by atoms with Gasteiger partial charge in [0, 0.05) is 11.8 Å². The van der Waals surface area contributed by atoms with Crippen molar-refractivity contribution in [2.75, 3.05) is 12.9 Å². The molecule has 0 aromatic carbocycles. The van der Waals surface area contributed by atoms with Gasteiger partial charge in [0.05, 0.1) is 7.11 Å². The molecule has 1 saturated carbocycles. The summed E-state index contributed by atoms with van der Waals surface area (Å²) in [4.78, 5) is 10.7. The molecule has 0 aliphatic heterocycles. The van der Waals surface area contributed by atoms with E-state index in [1.54, 1.807) is 11.8 Å². The monoisotopic (exact) mass is 200 g/mol. The lowest BCUT2D eigenvalue weighted by atomic mass is 10.1. The van der Waals surface area contributed by atoms with Crippen LogP contribution >= 0.6 is 11.8 Å². The molecule has 0 spiro atoms. The van der Waals surface area contributed by atoms with E-state index in [1.807, 2.05) is 5.41 Å². The quantitative estimate of drug-likeness (QED) is 0.515. The van der Waals surface area contributed by atoms with Crippen LogP contribution in [-0.2, 0) is 9.53 Å². The first-order valence-electron chi connectivity index (χ1n) is 4.69. The van der Waals surface area contributed by atoms with E-state index >= 15 is 0 Å². The predicted molar refractivity (Wildman–Crippen MR) is 55.6 cm³/mol. The fraction of sp³-hybridized carbons (Fsp3) is 0.700. The van der Waals surface area contributed by atoms with Gasteiger partial charge in [0.15, 0.2) is 0 Å². The zero-order valence-corrected chi connectivity index (χ0v) is 8.81. The lowest BCUT2D eigenvalue weighted by Crippen LogP contribution is -1.96. The van der Waals surface area contributed by atoms with E-state index in [0.717, 1.165) is 11.7 Å². The molecule has 0 heterocycles. The number of hydrogen-bond acceptors (Lipinski definition) is 3. The summed E-state index contributed by atoms with van der Waals surface area (Å²) < 4.78 is 4.48. The summed E-state index contributed by atoms with van der Waals surface area (Å²) >= 11 is 1.71. The normalized spacial score (nSPS) is 18.2. The molecule has 13 heavy (non-hydrogen) atoms. The Hall–Kier alpha value is -0.440. The Bertz CT molecular complexity index is 183. The summed E-state index contributed by atoms with van der Waals surface area (Å²) in [7, 11) is 1.40. The molecule has 0 bridgehead atoms. The van der Waals surface area contributed by atoms with Crippen LogP contribution in [0.3, 0.4) is 0 Å². The molecular weight excluding hydrogens is 184 g/mol. The van der Waals surface area contributed by atoms with Crippen LogP contribution in [0.5, 0.6) is 0 Å². The van der Waals surface area contributed by atoms with Gasteiger partial charge in [0.2, 0.25) is 0 Å². The van der Waals surface area contributed by atoms with Gasteiger partial charge in [0.25, 0.3) is 0 Å². The van der Waals surface area contributed by atoms with Crippen molar-refractivity contribution >= 4 is 17.7 Å². The minimum Gasteiger partial charge on any atom is -0.466 e. The maximum Gasteiger partial charge on any atom is 0.330 e. The molecule has 1 aliphatic carbocycles. The van der Waals surface area contributed by atoms with Crippen LogP contribution in [-0.4, -0.2) is 18.8 Å². The maximum absolute atomic E-state index is 10.7. The first kappa shape index (κ1) is 10.6. The Morgan fingerprint density at radius 3 is 2.85 bits per heavy atom. The van der Waals surface area contributed by atoms with Crippen LogP contribution in [0.15, 0.2) is 11.5 Å². The Labute approximate surface area is 83.7 Å². The first-order valence-corrected chi connectivity index (χ1v) is 5.74. The molecule has 0 N–H and O–H groups in total. The lowest BCUT2D eigenvalue weighted by molar-refractivity contribution is -0.134. The first-order chi connectivity index (χ1) is 6.33. The molecule has 0 atom stereocenters. The van der Waals surface area contributed by atoms with E-state index in [1.165, 1.54) is 38.9 Å². The van der Waals surface area contributed by atoms with Gasteiger partial charge in [-0.3, -0.25) is 0 Å². The summed E-state index contributed by atoms with van der Waals surface area (Å²) in [6.45, 7) is 0. The number of rotatable bonds is 4. The molecule has 74 valence electrons. The van der Waals surface area contributed by atoms with Crippen LogP contribution in [0.2, 0.25) is 0 Å². The standard InChI is InChI=1S/C10H16O2S/c1-12-10(11)6-7-13-8-9-4-2-3-5-9/h6-7,9H,2-5,8H2,1H3. The summed E-state index contributed by atoms with van der Waals surface area (Å²) in [6.07, 6.45) is 6.97. The van der Waals surface area contributed by atoms with Gasteiger partial charge in [-0.15, -0.1) is 11.8 Å². The highest BCUT2D eigenvalue weighted by molar-refractivity contribution is 8.02. The van der Waals surface area contributed by atoms with E-state index in [-0.39, 0.29) is 5.97 Å². The number of ether oxygens (including phenoxy) is 1. The van der Waals surface area contributed by atoms with Crippen molar-refractivity contribution < 1.29 is 9.53 Å². The average Bonchev–Trinajstić information content (AvgIpc) is 2.64. The van der Waals surface area contributed by atoms with Gasteiger partial charge < -0.3 is 4.74 Å². The minimum absolute atomic E-state index is 0.265. The number of esters is 1. The highest BCUT2D eigenvalue weighted by Gasteiger charge is 2.13. The van der Waals surface area contributed by atoms with Gasteiger partial charge >= 0.3 is 5.97 Å². The summed E-state index contributed by atoms with van der Waals surface area (Å²) in [5.41, 5.74) is 0. The van der Waals surface area contributed by atoms with E-state index < -0.39 is 0 Å². The molecule has 0 aromatic rings. The third-order valence-electron chi connectivity index (χ3n) is 2.31. The molecule has 1 rings (SSSR count). The van der Waals surface area contributed by atoms with Crippen molar-refractivity contribution in [2.24, 2.45) is 5.92 Å². The molecule has 0 unspecified atom stereocenters. The molecule has 0 amide bonds. The van der Waals surface area contributed by atoms with Crippen molar-refractivity contribution in [3.63, 3.8) is 0 Å². The zero-order chi connectivity index (χ0) is 9.52. The SMILES string of the molecule is COC(=O)C=CSCC1CCCC1. The second kappa shape index (κ2) is 6.08. The highest BCUT2D eigenvalue weighted by Crippen LogP contribution is 2.27. The Balaban J connectivity index is 2.05. The van der Waals surface area contributed by atoms with E-state index in [2.05, 4.69) is 4.74 Å². The van der Waals surface area contributed by atoms with Crippen LogP contribution in [0.4, 0.5) is 0 Å². The fourth-order valence-electron chi connectivity index (χ4n) is 1.54. The van der Waals surface area contributed by atoms with Crippen molar-refractivity contribution in [2.45, 2.75) is 25.7 Å². The number of thioether (sulfide) groups is 1. The summed E-state index contributed by atoms with van der Waals surface area (Å²) in [5.74, 6) is 1.75. The zero-order valence-electron chi connectivity index (χ0n) is 7.99. The molecule has 1 fully saturated rings. The third-order valence-corrected chi connectivity index (χ3v) is 3.30. The second-order valence-electron chi connectivity index (χ2n) is 3.31. The molecule has 1 aliphatic rings. The Morgan fingerprint density at radius 1 is 1.54 bits per heavy atom. The van der Waals surface area contributed by atoms with Crippen LogP contribution in [0.25, 0.3) is 0 Å². The lowest BCUT2D eigenvalue weighted by Gasteiger charge is -2.04. The van der Waals surface area contributed by atoms with E-state index in [4.69, 9.17) is 0 Å². The topological polar surface area (TPSA) is 26.3 Å². The van der Waals surface area contributed by atoms with Crippen LogP contribution in [0.1, 0.15) is 25.7 Å². The smallest absolute Gasteiger partial charge is 0.330 e. The molecule has 0 aromatic heterocycles. The maximum atomic E-state index is 10.7. The Kier molecular flexibility index (Phi) is 4.98. The van der Waals surface area contributed by atoms with Gasteiger partial charge in [-0.1, -0.05) is 12.8 Å². The molecular formula is C10H16O2S. The van der Waals surface area contributed by atoms with E-state index in [9.17, 15) is 4.79 Å². The number of methoxy groups -OCH3 is 1. The third kappa shape index (κ3) is 4.36. The van der Waals surface area contributed by atoms with Crippen LogP contribution in [0, 0.1) is 5.92 Å². The molecule has 0 radical (unpaired) electrons. The molecule has 2 nitrogen and oxygen atoms in total. The van der Waals surface area contributed by atoms with Gasteiger partial charge in [0.1, 0.15) is 0 Å². The average molecular weight is 200 g/mol. The Morgan fingerprint density at radius 2 is 2.23 bits per heavy atom. The summed E-state index contributed by atoms with van der Waals surface area (Å²) in [5, 5.41) is 1.84. The second-order valence-corrected chi connectivity index (χ2v) is 4.25. The largest absolute Gasteiger partial charge is 0.466 e. The van der Waals surface area contributed by atoms with Crippen molar-refractivity contribution in [1.82, 2.24) is 0 Å². The van der Waals surface area contributed by atoms with Crippen molar-refractivity contribution in [1.29, 1.82) is 0 Å². The van der Waals surface area contributed by atoms with Gasteiger partial charge in [-0.05, 0) is 24.2 Å².